The maximum Gasteiger partial charge on any atom is 0.146 e. The van der Waals surface area contributed by atoms with Crippen molar-refractivity contribution in [3.8, 4) is 23.1 Å². The van der Waals surface area contributed by atoms with E-state index >= 15 is 0 Å². The molecule has 1 aromatic carbocycles. The highest BCUT2D eigenvalue weighted by Gasteiger charge is 2.42. The monoisotopic (exact) mass is 563 g/mol. The van der Waals surface area contributed by atoms with E-state index in [1.807, 2.05) is 31.2 Å². The summed E-state index contributed by atoms with van der Waals surface area (Å²) in [6, 6.07) is 10.2. The highest BCUT2D eigenvalue weighted by atomic mass is 35.5. The molecule has 0 aliphatic carbocycles. The van der Waals surface area contributed by atoms with Gasteiger partial charge in [-0.2, -0.15) is 10.4 Å². The van der Waals surface area contributed by atoms with Gasteiger partial charge in [0.2, 0.25) is 0 Å². The first-order valence-electron chi connectivity index (χ1n) is 12.8. The van der Waals surface area contributed by atoms with E-state index < -0.39 is 6.10 Å². The number of H-pyrrole nitrogens is 1. The number of hydrogen-bond acceptors (Lipinski definition) is 8. The molecule has 0 radical (unpaired) electrons. The number of nitriles is 1. The molecule has 11 heteroatoms. The van der Waals surface area contributed by atoms with Crippen molar-refractivity contribution >= 4 is 39.9 Å². The summed E-state index contributed by atoms with van der Waals surface area (Å²) in [6.07, 6.45) is 5.49. The van der Waals surface area contributed by atoms with E-state index in [1.165, 1.54) is 0 Å². The predicted octanol–water partition coefficient (Wildman–Crippen LogP) is 5.30. The largest absolute Gasteiger partial charge is 0.486 e. The lowest BCUT2D eigenvalue weighted by Gasteiger charge is -2.50. The van der Waals surface area contributed by atoms with Gasteiger partial charge >= 0.3 is 0 Å². The Bertz CT molecular complexity index is 1550. The number of pyridine rings is 2. The molecule has 0 saturated carbocycles. The predicted molar refractivity (Wildman–Crippen MR) is 150 cm³/mol. The first-order chi connectivity index (χ1) is 18.8. The smallest absolute Gasteiger partial charge is 0.146 e. The fourth-order valence-corrected chi connectivity index (χ4v) is 6.13. The number of aromatic amines is 1. The Kier molecular flexibility index (Phi) is 6.81. The molecule has 2 aliphatic rings. The number of hydrogen-bond donors (Lipinski definition) is 2. The first-order valence-corrected chi connectivity index (χ1v) is 13.5. The maximum atomic E-state index is 9.96. The molecule has 3 aromatic heterocycles. The number of halogens is 2. The van der Waals surface area contributed by atoms with Crippen molar-refractivity contribution in [1.29, 1.82) is 5.26 Å². The van der Waals surface area contributed by atoms with E-state index in [4.69, 9.17) is 37.7 Å². The van der Waals surface area contributed by atoms with Crippen LogP contribution < -0.4 is 15.0 Å². The van der Waals surface area contributed by atoms with Gasteiger partial charge in [0.25, 0.3) is 0 Å². The lowest BCUT2D eigenvalue weighted by molar-refractivity contribution is 0.175. The topological polar surface area (TPSA) is 112 Å². The quantitative estimate of drug-likeness (QED) is 0.311. The number of ether oxygens (including phenoxy) is 2. The Labute approximate surface area is 236 Å². The van der Waals surface area contributed by atoms with E-state index in [2.05, 4.69) is 38.4 Å². The van der Waals surface area contributed by atoms with Crippen LogP contribution in [0.4, 0.5) is 5.82 Å². The highest BCUT2D eigenvalue weighted by Crippen LogP contribution is 2.36. The summed E-state index contributed by atoms with van der Waals surface area (Å²) >= 11 is 12.6. The molecular formula is C28H27Cl2N7O2. The number of nitrogens with one attached hydrogen (secondary N) is 2. The van der Waals surface area contributed by atoms with Gasteiger partial charge in [-0.1, -0.05) is 23.2 Å². The third kappa shape index (κ3) is 5.01. The third-order valence-electron chi connectivity index (χ3n) is 7.27. The summed E-state index contributed by atoms with van der Waals surface area (Å²) < 4.78 is 11.7. The van der Waals surface area contributed by atoms with E-state index in [9.17, 15) is 5.26 Å². The third-order valence-corrected chi connectivity index (χ3v) is 7.87. The Morgan fingerprint density at radius 3 is 2.74 bits per heavy atom. The molecule has 2 fully saturated rings. The minimum absolute atomic E-state index is 0.0257. The van der Waals surface area contributed by atoms with Gasteiger partial charge < -0.3 is 19.7 Å². The molecular weight excluding hydrogens is 537 g/mol. The van der Waals surface area contributed by atoms with Gasteiger partial charge in [0.05, 0.1) is 33.3 Å². The van der Waals surface area contributed by atoms with E-state index in [1.54, 1.807) is 18.6 Å². The number of fused-ring (bicyclic) bond motifs is 1. The van der Waals surface area contributed by atoms with Crippen LogP contribution in [-0.4, -0.2) is 58.0 Å². The van der Waals surface area contributed by atoms with Crippen LogP contribution in [0.25, 0.3) is 22.2 Å². The molecule has 2 N–H and O–H groups in total. The van der Waals surface area contributed by atoms with E-state index in [0.29, 0.717) is 44.5 Å². The fraction of sp³-hybridized carbons (Fsp3) is 0.357. The Morgan fingerprint density at radius 1 is 1.23 bits per heavy atom. The maximum absolute atomic E-state index is 9.96. The molecule has 0 unspecified atom stereocenters. The molecule has 6 rings (SSSR count). The molecule has 0 bridgehead atoms. The molecule has 9 nitrogen and oxygen atoms in total. The first kappa shape index (κ1) is 25.8. The molecule has 2 atom stereocenters. The molecule has 4 aromatic rings. The fourth-order valence-electron chi connectivity index (χ4n) is 5.46. The summed E-state index contributed by atoms with van der Waals surface area (Å²) in [5, 5.41) is 23.0. The molecule has 0 amide bonds. The summed E-state index contributed by atoms with van der Waals surface area (Å²) in [5.74, 6) is 1.32. The number of anilines is 1. The van der Waals surface area contributed by atoms with Crippen molar-refractivity contribution < 1.29 is 9.47 Å². The zero-order chi connectivity index (χ0) is 27.1. The number of rotatable bonds is 7. The number of nitrogens with zero attached hydrogens (tertiary/aromatic N) is 5. The van der Waals surface area contributed by atoms with Crippen LogP contribution in [0, 0.1) is 11.3 Å². The van der Waals surface area contributed by atoms with Crippen molar-refractivity contribution in [1.82, 2.24) is 25.5 Å². The summed E-state index contributed by atoms with van der Waals surface area (Å²) in [6.45, 7) is 7.20. The zero-order valence-electron chi connectivity index (χ0n) is 21.5. The second kappa shape index (κ2) is 10.3. The van der Waals surface area contributed by atoms with Crippen LogP contribution in [0.1, 0.15) is 37.5 Å². The second-order valence-corrected chi connectivity index (χ2v) is 11.2. The second-order valence-electron chi connectivity index (χ2n) is 10.4. The van der Waals surface area contributed by atoms with E-state index in [-0.39, 0.29) is 5.54 Å². The van der Waals surface area contributed by atoms with Crippen LogP contribution in [0.2, 0.25) is 10.0 Å². The van der Waals surface area contributed by atoms with Crippen LogP contribution >= 0.6 is 23.2 Å². The van der Waals surface area contributed by atoms with Crippen LogP contribution in [-0.2, 0) is 4.74 Å². The van der Waals surface area contributed by atoms with Crippen LogP contribution in [0.3, 0.4) is 0 Å². The molecule has 200 valence electrons. The Morgan fingerprint density at radius 2 is 2.03 bits per heavy atom. The van der Waals surface area contributed by atoms with Gasteiger partial charge in [-0.25, -0.2) is 4.98 Å². The lowest BCUT2D eigenvalue weighted by Crippen LogP contribution is -2.69. The average molecular weight is 564 g/mol. The summed E-state index contributed by atoms with van der Waals surface area (Å²) in [4.78, 5) is 10.8. The molecule has 5 heterocycles. The molecule has 39 heavy (non-hydrogen) atoms. The standard InChI is InChI=1S/C28H27Cl2N7O2/c1-16(25-22(29)11-32-12-23(25)30)39-20-3-4-24-21(8-20)26(36-35-24)18-7-17(9-31)27(33-10-18)37-14-28(2,15-37)34-19-5-6-38-13-19/h3-4,7-8,10-12,16,19,34H,5-6,13-15H2,1-2H3,(H,35,36)/t16-,19+/m1/s1. The number of benzene rings is 1. The minimum Gasteiger partial charge on any atom is -0.486 e. The zero-order valence-corrected chi connectivity index (χ0v) is 23.1. The van der Waals surface area contributed by atoms with Gasteiger partial charge in [0.1, 0.15) is 29.4 Å². The Hall–Kier alpha value is -3.42. The number of aromatic nitrogens is 4. The molecule has 2 saturated heterocycles. The van der Waals surface area contributed by atoms with Crippen molar-refractivity contribution in [3.05, 3.63) is 64.0 Å². The van der Waals surface area contributed by atoms with Gasteiger partial charge in [-0.05, 0) is 44.5 Å². The van der Waals surface area contributed by atoms with Crippen molar-refractivity contribution in [2.24, 2.45) is 0 Å². The Balaban J connectivity index is 1.23. The van der Waals surface area contributed by atoms with Crippen LogP contribution in [0.5, 0.6) is 5.75 Å². The SMILES string of the molecule is C[C@@H](Oc1ccc2[nH]nc(-c3cnc(N4CC(C)(N[C@H]5CCOC5)C4)c(C#N)c3)c2c1)c1c(Cl)cncc1Cl. The van der Waals surface area contributed by atoms with Crippen molar-refractivity contribution in [2.75, 3.05) is 31.2 Å². The van der Waals surface area contributed by atoms with E-state index in [0.717, 1.165) is 49.2 Å². The summed E-state index contributed by atoms with van der Waals surface area (Å²) in [7, 11) is 0. The average Bonchev–Trinajstić information content (AvgIpc) is 3.56. The van der Waals surface area contributed by atoms with Crippen LogP contribution in [0.15, 0.2) is 42.9 Å². The highest BCUT2D eigenvalue weighted by molar-refractivity contribution is 6.35. The van der Waals surface area contributed by atoms with Crippen molar-refractivity contribution in [2.45, 2.75) is 38.0 Å². The normalized spacial score (nSPS) is 19.1. The van der Waals surface area contributed by atoms with Gasteiger partial charge in [-0.15, -0.1) is 0 Å². The van der Waals surface area contributed by atoms with Gasteiger partial charge in [0, 0.05) is 60.8 Å². The van der Waals surface area contributed by atoms with Gasteiger partial charge in [-0.3, -0.25) is 10.1 Å². The lowest BCUT2D eigenvalue weighted by atomic mass is 9.90. The minimum atomic E-state index is -0.398. The molecule has 0 spiro atoms. The molecule has 2 aliphatic heterocycles. The summed E-state index contributed by atoms with van der Waals surface area (Å²) in [5.41, 5.74) is 3.44. The van der Waals surface area contributed by atoms with Gasteiger partial charge in [0.15, 0.2) is 0 Å². The van der Waals surface area contributed by atoms with Crippen molar-refractivity contribution in [3.63, 3.8) is 0 Å².